The topological polar surface area (TPSA) is 35.5 Å². The Hall–Kier alpha value is -0.130. The van der Waals surface area contributed by atoms with E-state index in [-0.39, 0.29) is 12.6 Å². The molecule has 0 radical (unpaired) electrons. The van der Waals surface area contributed by atoms with E-state index in [1.165, 1.54) is 12.8 Å². The van der Waals surface area contributed by atoms with Crippen molar-refractivity contribution >= 4 is 27.5 Å². The normalized spacial score (nSPS) is 12.9. The molecular formula is C16H26BrClN2O. The average molecular weight is 378 g/mol. The first kappa shape index (κ1) is 18.9. The van der Waals surface area contributed by atoms with E-state index in [0.717, 1.165) is 41.1 Å². The molecule has 21 heavy (non-hydrogen) atoms. The third-order valence-corrected chi connectivity index (χ3v) is 4.49. The van der Waals surface area contributed by atoms with Crippen LogP contribution in [0, 0.1) is 0 Å². The predicted octanol–water partition coefficient (Wildman–Crippen LogP) is 3.85. The molecule has 1 aromatic rings. The Morgan fingerprint density at radius 1 is 1.33 bits per heavy atom. The second-order valence-electron chi connectivity index (χ2n) is 5.21. The van der Waals surface area contributed by atoms with E-state index in [4.69, 9.17) is 16.7 Å². The van der Waals surface area contributed by atoms with Gasteiger partial charge in [-0.05, 0) is 44.1 Å². The minimum atomic E-state index is 0.215. The maximum absolute atomic E-state index is 9.17. The van der Waals surface area contributed by atoms with E-state index >= 15 is 0 Å². The molecule has 1 rings (SSSR count). The van der Waals surface area contributed by atoms with Crippen LogP contribution in [-0.2, 0) is 0 Å². The van der Waals surface area contributed by atoms with E-state index in [1.54, 1.807) is 0 Å². The van der Waals surface area contributed by atoms with Crippen LogP contribution in [0.15, 0.2) is 22.7 Å². The van der Waals surface area contributed by atoms with Gasteiger partial charge in [0.15, 0.2) is 0 Å². The summed E-state index contributed by atoms with van der Waals surface area (Å²) in [5.74, 6) is 0. The quantitative estimate of drug-likeness (QED) is 0.650. The first-order valence-electron chi connectivity index (χ1n) is 7.57. The van der Waals surface area contributed by atoms with E-state index in [2.05, 4.69) is 39.1 Å². The molecule has 0 aromatic heterocycles. The summed E-state index contributed by atoms with van der Waals surface area (Å²) in [6.07, 6.45) is 3.32. The molecule has 120 valence electrons. The molecule has 0 aliphatic heterocycles. The summed E-state index contributed by atoms with van der Waals surface area (Å²) < 4.78 is 0.996. The molecule has 0 saturated carbocycles. The van der Waals surface area contributed by atoms with Gasteiger partial charge in [0.05, 0.1) is 6.61 Å². The molecule has 2 N–H and O–H groups in total. The summed E-state index contributed by atoms with van der Waals surface area (Å²) in [6, 6.07) is 6.25. The Bertz CT molecular complexity index is 417. The lowest BCUT2D eigenvalue weighted by Crippen LogP contribution is -2.31. The molecule has 0 bridgehead atoms. The largest absolute Gasteiger partial charge is 0.395 e. The molecule has 1 aromatic carbocycles. The summed E-state index contributed by atoms with van der Waals surface area (Å²) in [4.78, 5) is 2.32. The molecule has 0 aliphatic carbocycles. The first-order chi connectivity index (χ1) is 10.1. The molecule has 5 heteroatoms. The third kappa shape index (κ3) is 6.66. The number of hydrogen-bond donors (Lipinski definition) is 2. The van der Waals surface area contributed by atoms with Gasteiger partial charge in [-0.2, -0.15) is 0 Å². The van der Waals surface area contributed by atoms with Gasteiger partial charge in [-0.25, -0.2) is 0 Å². The highest BCUT2D eigenvalue weighted by Crippen LogP contribution is 2.28. The number of halogens is 2. The van der Waals surface area contributed by atoms with Crippen molar-refractivity contribution in [3.05, 3.63) is 33.3 Å². The smallest absolute Gasteiger partial charge is 0.0558 e. The monoisotopic (exact) mass is 376 g/mol. The molecule has 0 fully saturated rings. The maximum atomic E-state index is 9.17. The van der Waals surface area contributed by atoms with Gasteiger partial charge in [-0.3, -0.25) is 0 Å². The van der Waals surface area contributed by atoms with Crippen LogP contribution >= 0.6 is 27.5 Å². The standard InChI is InChI=1S/C16H26BrClN2O/c1-3-4-8-20(10-11-21)9-7-16(19-2)14-6-5-13(17)12-15(14)18/h5-6,12,16,19,21H,3-4,7-11H2,1-2H3. The molecule has 0 saturated heterocycles. The Morgan fingerprint density at radius 3 is 2.67 bits per heavy atom. The number of nitrogens with zero attached hydrogens (tertiary/aromatic N) is 1. The molecule has 0 spiro atoms. The van der Waals surface area contributed by atoms with Crippen molar-refractivity contribution in [1.29, 1.82) is 0 Å². The molecule has 1 unspecified atom stereocenters. The van der Waals surface area contributed by atoms with Crippen molar-refractivity contribution in [3.8, 4) is 0 Å². The molecule has 0 amide bonds. The zero-order chi connectivity index (χ0) is 15.7. The van der Waals surface area contributed by atoms with Crippen molar-refractivity contribution in [3.63, 3.8) is 0 Å². The number of hydrogen-bond acceptors (Lipinski definition) is 3. The van der Waals surface area contributed by atoms with Crippen LogP contribution in [0.25, 0.3) is 0 Å². The summed E-state index contributed by atoms with van der Waals surface area (Å²) in [5, 5.41) is 13.3. The molecule has 1 atom stereocenters. The van der Waals surface area contributed by atoms with Gasteiger partial charge in [0.2, 0.25) is 0 Å². The molecular weight excluding hydrogens is 352 g/mol. The fourth-order valence-electron chi connectivity index (χ4n) is 2.41. The number of unbranched alkanes of at least 4 members (excludes halogenated alkanes) is 1. The van der Waals surface area contributed by atoms with Crippen LogP contribution in [-0.4, -0.2) is 43.3 Å². The van der Waals surface area contributed by atoms with Gasteiger partial charge in [-0.1, -0.05) is 46.9 Å². The molecule has 0 aliphatic rings. The minimum Gasteiger partial charge on any atom is -0.395 e. The third-order valence-electron chi connectivity index (χ3n) is 3.66. The highest BCUT2D eigenvalue weighted by atomic mass is 79.9. The number of benzene rings is 1. The number of nitrogens with one attached hydrogen (secondary N) is 1. The van der Waals surface area contributed by atoms with Gasteiger partial charge in [0, 0.05) is 28.6 Å². The summed E-state index contributed by atoms with van der Waals surface area (Å²) in [6.45, 7) is 5.15. The molecule has 0 heterocycles. The Labute approximate surface area is 141 Å². The second-order valence-corrected chi connectivity index (χ2v) is 6.54. The van der Waals surface area contributed by atoms with E-state index in [9.17, 15) is 0 Å². The zero-order valence-electron chi connectivity index (χ0n) is 12.9. The van der Waals surface area contributed by atoms with Gasteiger partial charge >= 0.3 is 0 Å². The van der Waals surface area contributed by atoms with E-state index < -0.39 is 0 Å². The van der Waals surface area contributed by atoms with Gasteiger partial charge in [0.25, 0.3) is 0 Å². The average Bonchev–Trinajstić information content (AvgIpc) is 2.46. The highest BCUT2D eigenvalue weighted by molar-refractivity contribution is 9.10. The van der Waals surface area contributed by atoms with Crippen LogP contribution in [0.4, 0.5) is 0 Å². The lowest BCUT2D eigenvalue weighted by atomic mass is 10.0. The lowest BCUT2D eigenvalue weighted by Gasteiger charge is -2.25. The van der Waals surface area contributed by atoms with Crippen molar-refractivity contribution in [2.45, 2.75) is 32.2 Å². The van der Waals surface area contributed by atoms with Crippen molar-refractivity contribution in [2.24, 2.45) is 0 Å². The number of aliphatic hydroxyl groups is 1. The van der Waals surface area contributed by atoms with Crippen LogP contribution in [0.3, 0.4) is 0 Å². The van der Waals surface area contributed by atoms with Crippen LogP contribution in [0.2, 0.25) is 5.02 Å². The number of aliphatic hydroxyl groups excluding tert-OH is 1. The summed E-state index contributed by atoms with van der Waals surface area (Å²) in [7, 11) is 1.96. The highest BCUT2D eigenvalue weighted by Gasteiger charge is 2.15. The van der Waals surface area contributed by atoms with E-state index in [0.29, 0.717) is 0 Å². The predicted molar refractivity (Wildman–Crippen MR) is 94.0 cm³/mol. The summed E-state index contributed by atoms with van der Waals surface area (Å²) in [5.41, 5.74) is 1.13. The van der Waals surface area contributed by atoms with Crippen LogP contribution in [0.5, 0.6) is 0 Å². The first-order valence-corrected chi connectivity index (χ1v) is 8.74. The number of rotatable bonds is 10. The van der Waals surface area contributed by atoms with Crippen LogP contribution in [0.1, 0.15) is 37.8 Å². The summed E-state index contributed by atoms with van der Waals surface area (Å²) >= 11 is 9.78. The van der Waals surface area contributed by atoms with Gasteiger partial charge in [-0.15, -0.1) is 0 Å². The lowest BCUT2D eigenvalue weighted by molar-refractivity contribution is 0.188. The minimum absolute atomic E-state index is 0.215. The Balaban J connectivity index is 2.63. The van der Waals surface area contributed by atoms with Crippen molar-refractivity contribution < 1.29 is 5.11 Å². The van der Waals surface area contributed by atoms with Crippen molar-refractivity contribution in [2.75, 3.05) is 33.3 Å². The fourth-order valence-corrected chi connectivity index (χ4v) is 3.21. The van der Waals surface area contributed by atoms with E-state index in [1.807, 2.05) is 19.2 Å². The maximum Gasteiger partial charge on any atom is 0.0558 e. The molecule has 3 nitrogen and oxygen atoms in total. The van der Waals surface area contributed by atoms with Gasteiger partial charge in [0.1, 0.15) is 0 Å². The fraction of sp³-hybridized carbons (Fsp3) is 0.625. The second kappa shape index (κ2) is 10.6. The van der Waals surface area contributed by atoms with Crippen molar-refractivity contribution in [1.82, 2.24) is 10.2 Å². The van der Waals surface area contributed by atoms with Gasteiger partial charge < -0.3 is 15.3 Å². The zero-order valence-corrected chi connectivity index (χ0v) is 15.3. The Morgan fingerprint density at radius 2 is 2.10 bits per heavy atom. The Kier molecular flexibility index (Phi) is 9.52. The van der Waals surface area contributed by atoms with Crippen LogP contribution < -0.4 is 5.32 Å². The SMILES string of the molecule is CCCCN(CCO)CCC(NC)c1ccc(Br)cc1Cl.